The topological polar surface area (TPSA) is 55.8 Å². The minimum atomic E-state index is -4.56. The lowest BCUT2D eigenvalue weighted by molar-refractivity contribution is -0.219. The Balaban J connectivity index is 2.45. The zero-order chi connectivity index (χ0) is 17.1. The van der Waals surface area contributed by atoms with Crippen molar-refractivity contribution < 1.29 is 32.2 Å². The predicted octanol–water partition coefficient (Wildman–Crippen LogP) is 3.13. The normalized spacial score (nSPS) is 18.8. The summed E-state index contributed by atoms with van der Waals surface area (Å²) in [5.74, 6) is -1.49. The van der Waals surface area contributed by atoms with E-state index in [-0.39, 0.29) is 25.9 Å². The van der Waals surface area contributed by atoms with E-state index in [2.05, 4.69) is 4.74 Å². The lowest BCUT2D eigenvalue weighted by Gasteiger charge is -2.33. The second-order valence-electron chi connectivity index (χ2n) is 6.36. The SMILES string of the molecule is CC(OC(=O)C1CCN(C(=O)OC(C)(C)C)CC1)C(F)(F)F. The van der Waals surface area contributed by atoms with E-state index < -0.39 is 35.9 Å². The maximum absolute atomic E-state index is 12.4. The molecule has 0 aromatic heterocycles. The molecule has 1 aliphatic rings. The van der Waals surface area contributed by atoms with Crippen LogP contribution in [0.4, 0.5) is 18.0 Å². The van der Waals surface area contributed by atoms with Gasteiger partial charge in [0.1, 0.15) is 5.60 Å². The van der Waals surface area contributed by atoms with Crippen LogP contribution in [0.15, 0.2) is 0 Å². The second-order valence-corrected chi connectivity index (χ2v) is 6.36. The molecule has 128 valence electrons. The maximum atomic E-state index is 12.4. The van der Waals surface area contributed by atoms with Gasteiger partial charge in [0.05, 0.1) is 5.92 Å². The predicted molar refractivity (Wildman–Crippen MR) is 72.1 cm³/mol. The van der Waals surface area contributed by atoms with Crippen LogP contribution in [0.1, 0.15) is 40.5 Å². The van der Waals surface area contributed by atoms with Gasteiger partial charge in [0.2, 0.25) is 0 Å². The fraction of sp³-hybridized carbons (Fsp3) is 0.857. The molecule has 1 atom stereocenters. The number of carbonyl (C=O) groups is 2. The van der Waals surface area contributed by atoms with Crippen LogP contribution in [0.2, 0.25) is 0 Å². The molecule has 8 heteroatoms. The van der Waals surface area contributed by atoms with Crippen LogP contribution >= 0.6 is 0 Å². The first-order valence-corrected chi connectivity index (χ1v) is 7.15. The molecule has 0 saturated carbocycles. The number of rotatable bonds is 2. The van der Waals surface area contributed by atoms with Gasteiger partial charge in [-0.3, -0.25) is 4.79 Å². The highest BCUT2D eigenvalue weighted by Crippen LogP contribution is 2.26. The standard InChI is InChI=1S/C14H22F3NO4/c1-9(14(15,16)17)21-11(19)10-5-7-18(8-6-10)12(20)22-13(2,3)4/h9-10H,5-8H2,1-4H3. The van der Waals surface area contributed by atoms with Crippen LogP contribution in [-0.4, -0.2) is 47.9 Å². The molecule has 1 unspecified atom stereocenters. The first-order valence-electron chi connectivity index (χ1n) is 7.15. The average molecular weight is 325 g/mol. The molecule has 22 heavy (non-hydrogen) atoms. The van der Waals surface area contributed by atoms with Crippen LogP contribution in [0.3, 0.4) is 0 Å². The van der Waals surface area contributed by atoms with E-state index >= 15 is 0 Å². The number of alkyl halides is 3. The molecule has 1 fully saturated rings. The van der Waals surface area contributed by atoms with Crippen LogP contribution in [-0.2, 0) is 14.3 Å². The number of ether oxygens (including phenoxy) is 2. The Labute approximate surface area is 127 Å². The lowest BCUT2D eigenvalue weighted by Crippen LogP contribution is -2.44. The fourth-order valence-corrected chi connectivity index (χ4v) is 1.96. The van der Waals surface area contributed by atoms with Crippen molar-refractivity contribution >= 4 is 12.1 Å². The molecule has 1 aliphatic heterocycles. The van der Waals surface area contributed by atoms with Gasteiger partial charge in [-0.1, -0.05) is 0 Å². The Morgan fingerprint density at radius 3 is 2.05 bits per heavy atom. The third-order valence-electron chi connectivity index (χ3n) is 3.23. The minimum Gasteiger partial charge on any atom is -0.453 e. The van der Waals surface area contributed by atoms with E-state index in [0.717, 1.165) is 6.92 Å². The number of hydrogen-bond donors (Lipinski definition) is 0. The molecule has 0 aromatic rings. The van der Waals surface area contributed by atoms with Gasteiger partial charge in [-0.05, 0) is 40.5 Å². The molecule has 1 rings (SSSR count). The van der Waals surface area contributed by atoms with Gasteiger partial charge in [0, 0.05) is 13.1 Å². The summed E-state index contributed by atoms with van der Waals surface area (Å²) >= 11 is 0. The van der Waals surface area contributed by atoms with E-state index in [0.29, 0.717) is 0 Å². The summed E-state index contributed by atoms with van der Waals surface area (Å²) in [4.78, 5) is 25.0. The molecular formula is C14H22F3NO4. The van der Waals surface area contributed by atoms with Crippen LogP contribution in [0, 0.1) is 5.92 Å². The summed E-state index contributed by atoms with van der Waals surface area (Å²) < 4.78 is 46.7. The number of carbonyl (C=O) groups excluding carboxylic acids is 2. The monoisotopic (exact) mass is 325 g/mol. The number of piperidine rings is 1. The van der Waals surface area contributed by atoms with Crippen molar-refractivity contribution in [1.82, 2.24) is 4.90 Å². The first kappa shape index (κ1) is 18.6. The summed E-state index contributed by atoms with van der Waals surface area (Å²) in [5, 5.41) is 0. The van der Waals surface area contributed by atoms with Crippen molar-refractivity contribution in [1.29, 1.82) is 0 Å². The zero-order valence-corrected chi connectivity index (χ0v) is 13.2. The molecule has 0 radical (unpaired) electrons. The van der Waals surface area contributed by atoms with Crippen molar-refractivity contribution in [2.24, 2.45) is 5.92 Å². The highest BCUT2D eigenvalue weighted by atomic mass is 19.4. The Bertz CT molecular complexity index is 409. The van der Waals surface area contributed by atoms with Gasteiger partial charge >= 0.3 is 18.2 Å². The quantitative estimate of drug-likeness (QED) is 0.732. The molecule has 0 N–H and O–H groups in total. The van der Waals surface area contributed by atoms with Crippen LogP contribution < -0.4 is 0 Å². The van der Waals surface area contributed by atoms with Crippen LogP contribution in [0.25, 0.3) is 0 Å². The minimum absolute atomic E-state index is 0.259. The molecule has 1 amide bonds. The molecule has 5 nitrogen and oxygen atoms in total. The molecular weight excluding hydrogens is 303 g/mol. The van der Waals surface area contributed by atoms with Gasteiger partial charge in [-0.25, -0.2) is 4.79 Å². The first-order chi connectivity index (χ1) is 9.90. The number of esters is 1. The van der Waals surface area contributed by atoms with Crippen molar-refractivity contribution in [2.45, 2.75) is 58.4 Å². The summed E-state index contributed by atoms with van der Waals surface area (Å²) in [6.45, 7) is 6.55. The summed E-state index contributed by atoms with van der Waals surface area (Å²) in [6.07, 6.45) is -6.63. The molecule has 1 heterocycles. The van der Waals surface area contributed by atoms with E-state index in [4.69, 9.17) is 4.74 Å². The van der Waals surface area contributed by atoms with Gasteiger partial charge in [0.15, 0.2) is 6.10 Å². The Kier molecular flexibility index (Phi) is 5.70. The number of halogens is 3. The number of hydrogen-bond acceptors (Lipinski definition) is 4. The van der Waals surface area contributed by atoms with Gasteiger partial charge in [-0.2, -0.15) is 13.2 Å². The third kappa shape index (κ3) is 5.73. The van der Waals surface area contributed by atoms with Gasteiger partial charge in [-0.15, -0.1) is 0 Å². The zero-order valence-electron chi connectivity index (χ0n) is 13.2. The van der Waals surface area contributed by atoms with Crippen LogP contribution in [0.5, 0.6) is 0 Å². The summed E-state index contributed by atoms with van der Waals surface area (Å²) in [7, 11) is 0. The Morgan fingerprint density at radius 1 is 1.14 bits per heavy atom. The second kappa shape index (κ2) is 6.75. The third-order valence-corrected chi connectivity index (χ3v) is 3.23. The lowest BCUT2D eigenvalue weighted by atomic mass is 9.97. The number of amides is 1. The Morgan fingerprint density at radius 2 is 1.64 bits per heavy atom. The highest BCUT2D eigenvalue weighted by molar-refractivity contribution is 5.74. The van der Waals surface area contributed by atoms with E-state index in [9.17, 15) is 22.8 Å². The molecule has 1 saturated heterocycles. The highest BCUT2D eigenvalue weighted by Gasteiger charge is 2.41. The number of likely N-dealkylation sites (tertiary alicyclic amines) is 1. The molecule has 0 aliphatic carbocycles. The van der Waals surface area contributed by atoms with Gasteiger partial charge in [0.25, 0.3) is 0 Å². The van der Waals surface area contributed by atoms with Crippen molar-refractivity contribution in [3.05, 3.63) is 0 Å². The molecule has 0 bridgehead atoms. The summed E-state index contributed by atoms with van der Waals surface area (Å²) in [5.41, 5.74) is -0.616. The molecule has 0 spiro atoms. The smallest absolute Gasteiger partial charge is 0.425 e. The summed E-state index contributed by atoms with van der Waals surface area (Å²) in [6, 6.07) is 0. The Hall–Kier alpha value is -1.47. The van der Waals surface area contributed by atoms with Gasteiger partial charge < -0.3 is 14.4 Å². The fourth-order valence-electron chi connectivity index (χ4n) is 1.96. The van der Waals surface area contributed by atoms with E-state index in [1.807, 2.05) is 0 Å². The molecule has 0 aromatic carbocycles. The average Bonchev–Trinajstić information content (AvgIpc) is 2.35. The maximum Gasteiger partial charge on any atom is 0.425 e. The van der Waals surface area contributed by atoms with Crippen molar-refractivity contribution in [3.63, 3.8) is 0 Å². The number of nitrogens with zero attached hydrogens (tertiary/aromatic N) is 1. The van der Waals surface area contributed by atoms with E-state index in [1.165, 1.54) is 4.90 Å². The van der Waals surface area contributed by atoms with Crippen molar-refractivity contribution in [3.8, 4) is 0 Å². The van der Waals surface area contributed by atoms with Crippen molar-refractivity contribution in [2.75, 3.05) is 13.1 Å². The van der Waals surface area contributed by atoms with E-state index in [1.54, 1.807) is 20.8 Å². The largest absolute Gasteiger partial charge is 0.453 e.